The summed E-state index contributed by atoms with van der Waals surface area (Å²) in [6.07, 6.45) is 0. The number of ether oxygens (including phenoxy) is 2. The van der Waals surface area contributed by atoms with E-state index >= 15 is 0 Å². The summed E-state index contributed by atoms with van der Waals surface area (Å²) in [5.41, 5.74) is 7.70. The van der Waals surface area contributed by atoms with E-state index in [1.165, 1.54) is 24.1 Å². The molecule has 2 aromatic rings. The first-order valence-corrected chi connectivity index (χ1v) is 10.0. The second kappa shape index (κ2) is 13.8. The van der Waals surface area contributed by atoms with Crippen molar-refractivity contribution in [2.24, 2.45) is 10.7 Å². The number of halogens is 2. The maximum Gasteiger partial charge on any atom is 0.387 e. The van der Waals surface area contributed by atoms with Crippen LogP contribution in [0.3, 0.4) is 0 Å². The molecular formula is C24H29F2N3O3. The summed E-state index contributed by atoms with van der Waals surface area (Å²) in [5.74, 6) is 5.82. The van der Waals surface area contributed by atoms with E-state index in [9.17, 15) is 13.6 Å². The minimum absolute atomic E-state index is 0.0782. The number of nitrogens with zero attached hydrogens (tertiary/aromatic N) is 2. The molecule has 172 valence electrons. The van der Waals surface area contributed by atoms with Gasteiger partial charge in [-0.1, -0.05) is 50.0 Å². The first-order chi connectivity index (χ1) is 15.3. The van der Waals surface area contributed by atoms with Crippen LogP contribution in [0.4, 0.5) is 8.78 Å². The van der Waals surface area contributed by atoms with E-state index < -0.39 is 12.7 Å². The predicted molar refractivity (Wildman–Crippen MR) is 121 cm³/mol. The van der Waals surface area contributed by atoms with Crippen LogP contribution in [0.2, 0.25) is 0 Å². The zero-order valence-corrected chi connectivity index (χ0v) is 18.9. The largest absolute Gasteiger partial charge is 0.435 e. The number of carbonyl (C=O) groups excluding carboxylic acids is 1. The van der Waals surface area contributed by atoms with E-state index in [4.69, 9.17) is 10.5 Å². The van der Waals surface area contributed by atoms with Gasteiger partial charge in [0.05, 0.1) is 0 Å². The number of hydrogen-bond acceptors (Lipinski definition) is 5. The molecule has 1 aliphatic heterocycles. The maximum atomic E-state index is 12.1. The van der Waals surface area contributed by atoms with Crippen LogP contribution in [-0.2, 0) is 9.53 Å². The molecule has 1 unspecified atom stereocenters. The van der Waals surface area contributed by atoms with Gasteiger partial charge in [-0.3, -0.25) is 9.69 Å². The number of guanidine groups is 1. The second-order valence-electron chi connectivity index (χ2n) is 6.29. The van der Waals surface area contributed by atoms with Crippen LogP contribution in [-0.4, -0.2) is 44.1 Å². The molecule has 32 heavy (non-hydrogen) atoms. The van der Waals surface area contributed by atoms with Gasteiger partial charge in [0, 0.05) is 19.7 Å². The summed E-state index contributed by atoms with van der Waals surface area (Å²) in [7, 11) is 3.17. The SMILES string of the molecule is CC.COCC#Cc1ccccc1.Cc1cc(C2N=C(N)N(C)C2=O)ccc1OC(F)F. The highest BCUT2D eigenvalue weighted by atomic mass is 19.3. The summed E-state index contributed by atoms with van der Waals surface area (Å²) in [6, 6.07) is 13.7. The Balaban J connectivity index is 0.000000335. The normalized spacial score (nSPS) is 14.4. The van der Waals surface area contributed by atoms with Gasteiger partial charge in [-0.15, -0.1) is 0 Å². The third-order valence-corrected chi connectivity index (χ3v) is 4.12. The van der Waals surface area contributed by atoms with E-state index in [1.54, 1.807) is 20.1 Å². The topological polar surface area (TPSA) is 77.2 Å². The highest BCUT2D eigenvalue weighted by Crippen LogP contribution is 2.29. The van der Waals surface area contributed by atoms with Crippen LogP contribution in [0.15, 0.2) is 53.5 Å². The third kappa shape index (κ3) is 8.00. The van der Waals surface area contributed by atoms with Crippen molar-refractivity contribution < 1.29 is 23.0 Å². The van der Waals surface area contributed by atoms with Crippen molar-refractivity contribution in [3.05, 3.63) is 65.2 Å². The molecule has 2 N–H and O–H groups in total. The number of amides is 1. The zero-order valence-electron chi connectivity index (χ0n) is 18.9. The van der Waals surface area contributed by atoms with Crippen LogP contribution in [0.5, 0.6) is 5.75 Å². The molecule has 0 bridgehead atoms. The summed E-state index contributed by atoms with van der Waals surface area (Å²) in [6.45, 7) is 3.24. The van der Waals surface area contributed by atoms with Crippen LogP contribution >= 0.6 is 0 Å². The van der Waals surface area contributed by atoms with Gasteiger partial charge in [0.1, 0.15) is 12.4 Å². The Morgan fingerprint density at radius 3 is 2.34 bits per heavy atom. The lowest BCUT2D eigenvalue weighted by Gasteiger charge is -2.12. The van der Waals surface area contributed by atoms with Gasteiger partial charge in [-0.05, 0) is 42.3 Å². The second-order valence-corrected chi connectivity index (χ2v) is 6.29. The predicted octanol–water partition coefficient (Wildman–Crippen LogP) is 4.13. The molecule has 0 saturated carbocycles. The van der Waals surface area contributed by atoms with E-state index in [-0.39, 0.29) is 17.6 Å². The van der Waals surface area contributed by atoms with Crippen LogP contribution in [0.25, 0.3) is 0 Å². The fourth-order valence-corrected chi connectivity index (χ4v) is 2.59. The molecule has 1 amide bonds. The van der Waals surface area contributed by atoms with Crippen molar-refractivity contribution in [3.63, 3.8) is 0 Å². The number of likely N-dealkylation sites (N-methyl/N-ethyl adjacent to an activating group) is 1. The van der Waals surface area contributed by atoms with Gasteiger partial charge < -0.3 is 15.2 Å². The molecule has 1 aliphatic rings. The van der Waals surface area contributed by atoms with Crippen molar-refractivity contribution in [2.45, 2.75) is 33.4 Å². The molecule has 0 radical (unpaired) electrons. The number of rotatable bonds is 4. The van der Waals surface area contributed by atoms with Crippen molar-refractivity contribution in [2.75, 3.05) is 20.8 Å². The first kappa shape index (κ1) is 26.6. The molecular weight excluding hydrogens is 416 g/mol. The minimum atomic E-state index is -2.88. The number of nitrogens with two attached hydrogens (primary N) is 1. The van der Waals surface area contributed by atoms with E-state index in [0.29, 0.717) is 17.7 Å². The fourth-order valence-electron chi connectivity index (χ4n) is 2.59. The lowest BCUT2D eigenvalue weighted by atomic mass is 10.0. The summed E-state index contributed by atoms with van der Waals surface area (Å²) < 4.78 is 33.4. The molecule has 8 heteroatoms. The Hall–Kier alpha value is -3.44. The number of alkyl halides is 2. The van der Waals surface area contributed by atoms with Crippen molar-refractivity contribution >= 4 is 11.9 Å². The molecule has 0 spiro atoms. The Morgan fingerprint density at radius 2 is 1.84 bits per heavy atom. The van der Waals surface area contributed by atoms with Crippen molar-refractivity contribution in [3.8, 4) is 17.6 Å². The van der Waals surface area contributed by atoms with Crippen LogP contribution < -0.4 is 10.5 Å². The quantitative estimate of drug-likeness (QED) is 0.718. The van der Waals surface area contributed by atoms with Gasteiger partial charge >= 0.3 is 6.61 Å². The number of methoxy groups -OCH3 is 1. The van der Waals surface area contributed by atoms with E-state index in [2.05, 4.69) is 21.6 Å². The number of aryl methyl sites for hydroxylation is 1. The molecule has 1 atom stereocenters. The Bertz CT molecular complexity index is 954. The van der Waals surface area contributed by atoms with E-state index in [0.717, 1.165) is 5.56 Å². The Morgan fingerprint density at radius 1 is 1.19 bits per heavy atom. The van der Waals surface area contributed by atoms with Crippen LogP contribution in [0, 0.1) is 18.8 Å². The first-order valence-electron chi connectivity index (χ1n) is 10.0. The zero-order chi connectivity index (χ0) is 24.1. The standard InChI is InChI=1S/C12H13F2N3O2.C10H10O.C2H6/c1-6-5-7(3-4-8(6)19-11(13)14)9-10(18)17(2)12(15)16-9;1-11-9-5-8-10-6-3-2-4-7-10;1-2/h3-5,9,11H,1-2H3,(H2,15,16);2-4,6-7H,9H2,1H3;1-2H3. The summed E-state index contributed by atoms with van der Waals surface area (Å²) in [5, 5.41) is 0. The molecule has 6 nitrogen and oxygen atoms in total. The van der Waals surface area contributed by atoms with Crippen molar-refractivity contribution in [1.82, 2.24) is 4.90 Å². The van der Waals surface area contributed by atoms with Gasteiger partial charge in [0.25, 0.3) is 5.91 Å². The summed E-state index contributed by atoms with van der Waals surface area (Å²) in [4.78, 5) is 17.2. The highest BCUT2D eigenvalue weighted by Gasteiger charge is 2.32. The van der Waals surface area contributed by atoms with E-state index in [1.807, 2.05) is 44.2 Å². The smallest absolute Gasteiger partial charge is 0.387 e. The van der Waals surface area contributed by atoms with Crippen LogP contribution in [0.1, 0.15) is 36.6 Å². The minimum Gasteiger partial charge on any atom is -0.435 e. The summed E-state index contributed by atoms with van der Waals surface area (Å²) >= 11 is 0. The van der Waals surface area contributed by atoms with Gasteiger partial charge in [0.2, 0.25) is 0 Å². The van der Waals surface area contributed by atoms with Crippen molar-refractivity contribution in [1.29, 1.82) is 0 Å². The lowest BCUT2D eigenvalue weighted by Crippen LogP contribution is -2.34. The van der Waals surface area contributed by atoms with Gasteiger partial charge in [-0.2, -0.15) is 8.78 Å². The molecule has 0 saturated heterocycles. The van der Waals surface area contributed by atoms with Gasteiger partial charge in [-0.25, -0.2) is 4.99 Å². The third-order valence-electron chi connectivity index (χ3n) is 4.12. The molecule has 2 aromatic carbocycles. The Labute approximate surface area is 188 Å². The fraction of sp³-hybridized carbons (Fsp3) is 0.333. The Kier molecular flexibility index (Phi) is 11.5. The molecule has 0 aromatic heterocycles. The average Bonchev–Trinajstić information content (AvgIpc) is 3.05. The maximum absolute atomic E-state index is 12.1. The number of benzene rings is 2. The lowest BCUT2D eigenvalue weighted by molar-refractivity contribution is -0.126. The molecule has 0 fully saturated rings. The molecule has 3 rings (SSSR count). The highest BCUT2D eigenvalue weighted by molar-refractivity contribution is 6.04. The number of carbonyl (C=O) groups is 1. The molecule has 1 heterocycles. The van der Waals surface area contributed by atoms with Gasteiger partial charge in [0.15, 0.2) is 12.0 Å². The monoisotopic (exact) mass is 445 g/mol. The number of hydrogen-bond donors (Lipinski definition) is 1. The number of aliphatic imine (C=N–C) groups is 1. The average molecular weight is 446 g/mol. The molecule has 0 aliphatic carbocycles.